The van der Waals surface area contributed by atoms with Crippen molar-refractivity contribution in [3.8, 4) is 0 Å². The molecule has 4 nitrogen and oxygen atoms in total. The van der Waals surface area contributed by atoms with Crippen molar-refractivity contribution in [3.63, 3.8) is 0 Å². The van der Waals surface area contributed by atoms with Gasteiger partial charge in [-0.15, -0.1) is 0 Å². The third-order valence-electron chi connectivity index (χ3n) is 4.00. The molecule has 0 aliphatic carbocycles. The Hall–Kier alpha value is -2.62. The molecular formula is C19H20N2O2. The first-order valence-electron chi connectivity index (χ1n) is 7.86. The zero-order chi connectivity index (χ0) is 16.2. The van der Waals surface area contributed by atoms with Gasteiger partial charge in [0.2, 0.25) is 5.91 Å². The highest BCUT2D eigenvalue weighted by Crippen LogP contribution is 2.20. The van der Waals surface area contributed by atoms with E-state index in [0.717, 1.165) is 17.4 Å². The number of rotatable bonds is 5. The number of amides is 1. The average Bonchev–Trinajstić information content (AvgIpc) is 2.97. The van der Waals surface area contributed by atoms with E-state index in [-0.39, 0.29) is 18.4 Å². The van der Waals surface area contributed by atoms with Gasteiger partial charge in [-0.1, -0.05) is 54.0 Å². The van der Waals surface area contributed by atoms with Gasteiger partial charge in [-0.05, 0) is 31.0 Å². The lowest BCUT2D eigenvalue weighted by Crippen LogP contribution is -2.29. The second kappa shape index (κ2) is 6.65. The number of carbonyl (C=O) groups is 1. The first-order valence-corrected chi connectivity index (χ1v) is 7.86. The van der Waals surface area contributed by atoms with Gasteiger partial charge in [-0.25, -0.2) is 0 Å². The lowest BCUT2D eigenvalue weighted by atomic mass is 10.0. The predicted molar refractivity (Wildman–Crippen MR) is 90.1 cm³/mol. The number of hydrogen-bond donors (Lipinski definition) is 1. The van der Waals surface area contributed by atoms with Gasteiger partial charge < -0.3 is 9.84 Å². The molecule has 1 atom stereocenters. The molecule has 0 radical (unpaired) electrons. The molecular weight excluding hydrogens is 288 g/mol. The Labute approximate surface area is 135 Å². The van der Waals surface area contributed by atoms with E-state index >= 15 is 0 Å². The first kappa shape index (κ1) is 15.3. The topological polar surface area (TPSA) is 55.1 Å². The Bertz CT molecular complexity index is 806. The van der Waals surface area contributed by atoms with Crippen LogP contribution in [0.4, 0.5) is 0 Å². The maximum Gasteiger partial charge on any atom is 0.226 e. The summed E-state index contributed by atoms with van der Waals surface area (Å²) in [7, 11) is 0. The second-order valence-electron chi connectivity index (χ2n) is 5.74. The number of nitrogens with zero attached hydrogens (tertiary/aromatic N) is 1. The molecule has 1 heterocycles. The SMILES string of the molecule is CC[C@@H](NC(=O)Cc1noc2ccccc12)c1ccc(C)cc1. The smallest absolute Gasteiger partial charge is 0.226 e. The maximum atomic E-state index is 12.4. The van der Waals surface area contributed by atoms with E-state index in [4.69, 9.17) is 4.52 Å². The van der Waals surface area contributed by atoms with Crippen LogP contribution in [0, 0.1) is 6.92 Å². The van der Waals surface area contributed by atoms with Crippen molar-refractivity contribution in [3.05, 3.63) is 65.4 Å². The highest BCUT2D eigenvalue weighted by atomic mass is 16.5. The number of aromatic nitrogens is 1. The van der Waals surface area contributed by atoms with Gasteiger partial charge in [0.1, 0.15) is 5.69 Å². The van der Waals surface area contributed by atoms with Gasteiger partial charge in [0, 0.05) is 5.39 Å². The highest BCUT2D eigenvalue weighted by Gasteiger charge is 2.16. The van der Waals surface area contributed by atoms with E-state index < -0.39 is 0 Å². The molecule has 3 aromatic rings. The Kier molecular flexibility index (Phi) is 4.42. The molecule has 3 rings (SSSR count). The third-order valence-corrected chi connectivity index (χ3v) is 4.00. The number of hydrogen-bond acceptors (Lipinski definition) is 3. The molecule has 0 saturated heterocycles. The van der Waals surface area contributed by atoms with Crippen LogP contribution in [0.3, 0.4) is 0 Å². The summed E-state index contributed by atoms with van der Waals surface area (Å²) in [5.41, 5.74) is 3.72. The standard InChI is InChI=1S/C19H20N2O2/c1-3-16(14-10-8-13(2)9-11-14)20-19(22)12-17-15-6-4-5-7-18(15)23-21-17/h4-11,16H,3,12H2,1-2H3,(H,20,22)/t16-/m1/s1. The Morgan fingerprint density at radius 2 is 1.91 bits per heavy atom. The van der Waals surface area contributed by atoms with Crippen LogP contribution in [0.2, 0.25) is 0 Å². The molecule has 0 fully saturated rings. The van der Waals surface area contributed by atoms with Crippen molar-refractivity contribution in [1.82, 2.24) is 10.5 Å². The molecule has 4 heteroatoms. The molecule has 0 aliphatic rings. The maximum absolute atomic E-state index is 12.4. The number of benzene rings is 2. The van der Waals surface area contributed by atoms with Crippen molar-refractivity contribution in [2.24, 2.45) is 0 Å². The first-order chi connectivity index (χ1) is 11.2. The molecule has 2 aromatic carbocycles. The summed E-state index contributed by atoms with van der Waals surface area (Å²) < 4.78 is 5.25. The van der Waals surface area contributed by atoms with Gasteiger partial charge in [0.25, 0.3) is 0 Å². The van der Waals surface area contributed by atoms with Crippen molar-refractivity contribution < 1.29 is 9.32 Å². The van der Waals surface area contributed by atoms with Crippen molar-refractivity contribution in [2.45, 2.75) is 32.7 Å². The number of fused-ring (bicyclic) bond motifs is 1. The van der Waals surface area contributed by atoms with Crippen LogP contribution in [0.25, 0.3) is 11.0 Å². The summed E-state index contributed by atoms with van der Waals surface area (Å²) in [6, 6.07) is 15.9. The summed E-state index contributed by atoms with van der Waals surface area (Å²) in [6.45, 7) is 4.12. The van der Waals surface area contributed by atoms with Crippen LogP contribution in [0.5, 0.6) is 0 Å². The van der Waals surface area contributed by atoms with Crippen LogP contribution in [-0.4, -0.2) is 11.1 Å². The van der Waals surface area contributed by atoms with Crippen molar-refractivity contribution in [2.75, 3.05) is 0 Å². The summed E-state index contributed by atoms with van der Waals surface area (Å²) >= 11 is 0. The largest absolute Gasteiger partial charge is 0.356 e. The lowest BCUT2D eigenvalue weighted by molar-refractivity contribution is -0.121. The number of para-hydroxylation sites is 1. The van der Waals surface area contributed by atoms with Gasteiger partial charge in [-0.3, -0.25) is 4.79 Å². The summed E-state index contributed by atoms with van der Waals surface area (Å²) in [5, 5.41) is 8.00. The third kappa shape index (κ3) is 3.42. The average molecular weight is 308 g/mol. The van der Waals surface area contributed by atoms with E-state index in [0.29, 0.717) is 11.3 Å². The Morgan fingerprint density at radius 3 is 2.65 bits per heavy atom. The minimum absolute atomic E-state index is 0.0151. The van der Waals surface area contributed by atoms with Crippen LogP contribution in [0.1, 0.15) is 36.2 Å². The molecule has 23 heavy (non-hydrogen) atoms. The molecule has 1 aromatic heterocycles. The fourth-order valence-electron chi connectivity index (χ4n) is 2.68. The van der Waals surface area contributed by atoms with Gasteiger partial charge in [0.15, 0.2) is 5.58 Å². The summed E-state index contributed by atoms with van der Waals surface area (Å²) in [5.74, 6) is -0.0449. The zero-order valence-electron chi connectivity index (χ0n) is 13.4. The molecule has 0 aliphatic heterocycles. The monoisotopic (exact) mass is 308 g/mol. The Morgan fingerprint density at radius 1 is 1.17 bits per heavy atom. The van der Waals surface area contributed by atoms with E-state index in [2.05, 4.69) is 48.6 Å². The van der Waals surface area contributed by atoms with Gasteiger partial charge in [0.05, 0.1) is 12.5 Å². The quantitative estimate of drug-likeness (QED) is 0.776. The van der Waals surface area contributed by atoms with Gasteiger partial charge in [-0.2, -0.15) is 0 Å². The zero-order valence-corrected chi connectivity index (χ0v) is 13.4. The van der Waals surface area contributed by atoms with Crippen LogP contribution >= 0.6 is 0 Å². The summed E-state index contributed by atoms with van der Waals surface area (Å²) in [4.78, 5) is 12.4. The van der Waals surface area contributed by atoms with E-state index in [1.54, 1.807) is 0 Å². The van der Waals surface area contributed by atoms with E-state index in [9.17, 15) is 4.79 Å². The number of carbonyl (C=O) groups excluding carboxylic acids is 1. The molecule has 0 saturated carbocycles. The van der Waals surface area contributed by atoms with Gasteiger partial charge >= 0.3 is 0 Å². The second-order valence-corrected chi connectivity index (χ2v) is 5.74. The van der Waals surface area contributed by atoms with E-state index in [1.807, 2.05) is 24.3 Å². The minimum Gasteiger partial charge on any atom is -0.356 e. The van der Waals surface area contributed by atoms with Crippen LogP contribution < -0.4 is 5.32 Å². The fraction of sp³-hybridized carbons (Fsp3) is 0.263. The molecule has 1 amide bonds. The van der Waals surface area contributed by atoms with Crippen LogP contribution in [-0.2, 0) is 11.2 Å². The van der Waals surface area contributed by atoms with Crippen molar-refractivity contribution in [1.29, 1.82) is 0 Å². The molecule has 0 spiro atoms. The number of aryl methyl sites for hydroxylation is 1. The van der Waals surface area contributed by atoms with Crippen molar-refractivity contribution >= 4 is 16.9 Å². The lowest BCUT2D eigenvalue weighted by Gasteiger charge is -2.17. The number of nitrogens with one attached hydrogen (secondary N) is 1. The molecule has 118 valence electrons. The minimum atomic E-state index is -0.0449. The fourth-order valence-corrected chi connectivity index (χ4v) is 2.68. The highest BCUT2D eigenvalue weighted by molar-refractivity contribution is 5.86. The van der Waals surface area contributed by atoms with Crippen LogP contribution in [0.15, 0.2) is 53.1 Å². The summed E-state index contributed by atoms with van der Waals surface area (Å²) in [6.07, 6.45) is 1.06. The molecule has 0 unspecified atom stereocenters. The molecule has 1 N–H and O–H groups in total. The molecule has 0 bridgehead atoms. The predicted octanol–water partition coefficient (Wildman–Crippen LogP) is 3.95. The Balaban J connectivity index is 1.71. The van der Waals surface area contributed by atoms with E-state index in [1.165, 1.54) is 5.56 Å². The normalized spacial score (nSPS) is 12.3.